The molecule has 0 aromatic heterocycles. The Hall–Kier alpha value is -3.68. The normalized spacial score (nSPS) is 23.4. The molecule has 0 aliphatic carbocycles. The fraction of sp³-hybridized carbons (Fsp3) is 0.220. The first-order valence-electron chi connectivity index (χ1n) is 16.4. The molecular weight excluding hydrogens is 708 g/mol. The lowest BCUT2D eigenvalue weighted by Crippen LogP contribution is -2.60. The number of rotatable bonds is 7. The predicted octanol–water partition coefficient (Wildman–Crippen LogP) is 11.2. The van der Waals surface area contributed by atoms with Crippen molar-refractivity contribution in [1.29, 1.82) is 0 Å². The maximum absolute atomic E-state index is 9.44. The Kier molecular flexibility index (Phi) is 12.0. The van der Waals surface area contributed by atoms with Gasteiger partial charge in [-0.2, -0.15) is 0 Å². The summed E-state index contributed by atoms with van der Waals surface area (Å²) in [5, 5.41) is 16.0. The molecule has 7 rings (SSSR count). The Morgan fingerprint density at radius 3 is 1.14 bits per heavy atom. The van der Waals surface area contributed by atoms with E-state index in [1.54, 1.807) is 0 Å². The maximum atomic E-state index is 9.44. The van der Waals surface area contributed by atoms with Crippen molar-refractivity contribution in [2.75, 3.05) is 0 Å². The van der Waals surface area contributed by atoms with Gasteiger partial charge in [-0.1, -0.05) is 130 Å². The van der Waals surface area contributed by atoms with Gasteiger partial charge in [0.2, 0.25) is 0 Å². The topological polar surface area (TPSA) is 62.7 Å². The minimum absolute atomic E-state index is 0.116. The number of carbonyl (C=O) groups is 1. The third-order valence-electron chi connectivity index (χ3n) is 9.00. The second-order valence-corrected chi connectivity index (χ2v) is 14.4. The fourth-order valence-corrected chi connectivity index (χ4v) is 7.37. The highest BCUT2D eigenvalue weighted by molar-refractivity contribution is 6.31. The van der Waals surface area contributed by atoms with Gasteiger partial charge < -0.3 is 20.3 Å². The molecule has 0 saturated carbocycles. The Labute approximate surface area is 313 Å². The summed E-state index contributed by atoms with van der Waals surface area (Å²) in [5.41, 5.74) is 6.45. The summed E-state index contributed by atoms with van der Waals surface area (Å²) in [6.07, 6.45) is 0. The first-order chi connectivity index (χ1) is 24.2. The highest BCUT2D eigenvalue weighted by atomic mass is 35.5. The number of hydrogen-bond acceptors (Lipinski definition) is 5. The summed E-state index contributed by atoms with van der Waals surface area (Å²) < 4.78 is 0. The molecule has 2 saturated heterocycles. The van der Waals surface area contributed by atoms with Crippen molar-refractivity contribution in [2.24, 2.45) is 17.0 Å². The summed E-state index contributed by atoms with van der Waals surface area (Å²) >= 11 is 25.5. The molecule has 2 bridgehead atoms. The van der Waals surface area contributed by atoms with Crippen LogP contribution in [0.4, 0.5) is 0 Å². The molecule has 2 aliphatic heterocycles. The first kappa shape index (κ1) is 36.1. The van der Waals surface area contributed by atoms with Crippen molar-refractivity contribution in [3.63, 3.8) is 0 Å². The number of carbonyl (C=O) groups excluding carboxylic acids is 1. The van der Waals surface area contributed by atoms with Crippen molar-refractivity contribution < 1.29 is 9.63 Å². The van der Waals surface area contributed by atoms with E-state index in [1.165, 1.54) is 13.8 Å². The zero-order chi connectivity index (χ0) is 35.2. The van der Waals surface area contributed by atoms with Gasteiger partial charge >= 0.3 is 0 Å². The predicted molar refractivity (Wildman–Crippen MR) is 205 cm³/mol. The zero-order valence-electron chi connectivity index (χ0n) is 27.6. The molecule has 5 nitrogen and oxygen atoms in total. The molecular formula is C41H37Cl4N3O2. The molecule has 0 spiro atoms. The Bertz CT molecular complexity index is 1680. The summed E-state index contributed by atoms with van der Waals surface area (Å²) in [7, 11) is 0. The SMILES string of the molecule is CC(C)=O.Clc1ccc([C@H]2N[C@@H](c3ccc(Cl)cc3)C3C(=NOCc4ccccc4)C2[C@@H](c2ccc(Cl)cc2)N[C@H]3c2ccc(Cl)cc2)cc1. The van der Waals surface area contributed by atoms with Gasteiger partial charge in [-0.15, -0.1) is 0 Å². The Morgan fingerprint density at radius 2 is 0.840 bits per heavy atom. The van der Waals surface area contributed by atoms with Crippen molar-refractivity contribution >= 4 is 57.9 Å². The van der Waals surface area contributed by atoms with Crippen LogP contribution in [0.2, 0.25) is 20.1 Å². The van der Waals surface area contributed by atoms with E-state index in [-0.39, 0.29) is 41.8 Å². The van der Waals surface area contributed by atoms with E-state index in [0.29, 0.717) is 26.7 Å². The van der Waals surface area contributed by atoms with Crippen LogP contribution in [0.25, 0.3) is 0 Å². The van der Waals surface area contributed by atoms with Gasteiger partial charge in [-0.3, -0.25) is 0 Å². The van der Waals surface area contributed by atoms with Gasteiger partial charge in [0.1, 0.15) is 12.4 Å². The number of halogens is 4. The lowest BCUT2D eigenvalue weighted by Gasteiger charge is -2.54. The maximum Gasteiger partial charge on any atom is 0.142 e. The molecule has 2 fully saturated rings. The van der Waals surface area contributed by atoms with Crippen LogP contribution in [0.15, 0.2) is 133 Å². The van der Waals surface area contributed by atoms with Crippen LogP contribution in [0.3, 0.4) is 0 Å². The highest BCUT2D eigenvalue weighted by Crippen LogP contribution is 2.53. The number of Topliss-reactive ketones (excluding diaryl/α,β-unsaturated/α-hetero) is 1. The number of fused-ring (bicyclic) bond motifs is 2. The highest BCUT2D eigenvalue weighted by Gasteiger charge is 2.54. The monoisotopic (exact) mass is 743 g/mol. The third-order valence-corrected chi connectivity index (χ3v) is 10.0. The third kappa shape index (κ3) is 8.60. The molecule has 2 aliphatic rings. The lowest BCUT2D eigenvalue weighted by atomic mass is 9.63. The first-order valence-corrected chi connectivity index (χ1v) is 17.9. The van der Waals surface area contributed by atoms with Crippen molar-refractivity contribution in [1.82, 2.24) is 10.6 Å². The molecule has 2 N–H and O–H groups in total. The summed E-state index contributed by atoms with van der Waals surface area (Å²) in [5.74, 6) is -0.0644. The summed E-state index contributed by atoms with van der Waals surface area (Å²) in [6, 6.07) is 41.8. The molecule has 5 aromatic rings. The number of oxime groups is 1. The quantitative estimate of drug-likeness (QED) is 0.163. The number of benzene rings is 5. The average molecular weight is 746 g/mol. The van der Waals surface area contributed by atoms with Crippen LogP contribution in [-0.4, -0.2) is 11.5 Å². The van der Waals surface area contributed by atoms with Gasteiger partial charge in [0, 0.05) is 56.1 Å². The van der Waals surface area contributed by atoms with Crippen molar-refractivity contribution in [3.05, 3.63) is 175 Å². The number of hydrogen-bond donors (Lipinski definition) is 2. The molecule has 5 aromatic carbocycles. The van der Waals surface area contributed by atoms with E-state index in [1.807, 2.05) is 78.9 Å². The van der Waals surface area contributed by atoms with E-state index in [4.69, 9.17) is 56.4 Å². The Balaban J connectivity index is 0.00000103. The molecule has 50 heavy (non-hydrogen) atoms. The molecule has 0 amide bonds. The van der Waals surface area contributed by atoms with Gasteiger partial charge in [0.05, 0.1) is 5.71 Å². The van der Waals surface area contributed by atoms with Gasteiger partial charge in [-0.25, -0.2) is 0 Å². The van der Waals surface area contributed by atoms with Crippen LogP contribution in [0, 0.1) is 11.8 Å². The molecule has 0 radical (unpaired) electrons. The fourth-order valence-electron chi connectivity index (χ4n) is 6.86. The lowest BCUT2D eigenvalue weighted by molar-refractivity contribution is -0.115. The van der Waals surface area contributed by atoms with Crippen LogP contribution in [0.5, 0.6) is 0 Å². The minimum Gasteiger partial charge on any atom is -0.391 e. The van der Waals surface area contributed by atoms with Crippen LogP contribution in [0.1, 0.15) is 65.8 Å². The second kappa shape index (κ2) is 16.6. The van der Waals surface area contributed by atoms with E-state index >= 15 is 0 Å². The number of nitrogens with zero attached hydrogens (tertiary/aromatic N) is 1. The van der Waals surface area contributed by atoms with E-state index < -0.39 is 0 Å². The van der Waals surface area contributed by atoms with Crippen LogP contribution in [-0.2, 0) is 16.2 Å². The molecule has 0 unspecified atom stereocenters. The van der Waals surface area contributed by atoms with E-state index in [2.05, 4.69) is 59.2 Å². The number of nitrogens with one attached hydrogen (secondary N) is 2. The van der Waals surface area contributed by atoms with E-state index in [0.717, 1.165) is 33.5 Å². The molecule has 4 atom stereocenters. The number of piperidine rings is 2. The molecule has 9 heteroatoms. The largest absolute Gasteiger partial charge is 0.391 e. The summed E-state index contributed by atoms with van der Waals surface area (Å²) in [6.45, 7) is 3.42. The van der Waals surface area contributed by atoms with Crippen LogP contribution < -0.4 is 10.6 Å². The second-order valence-electron chi connectivity index (χ2n) is 12.7. The van der Waals surface area contributed by atoms with E-state index in [9.17, 15) is 4.79 Å². The molecule has 2 heterocycles. The number of ketones is 1. The van der Waals surface area contributed by atoms with Crippen LogP contribution >= 0.6 is 46.4 Å². The molecule has 256 valence electrons. The van der Waals surface area contributed by atoms with Gasteiger partial charge in [0.15, 0.2) is 0 Å². The van der Waals surface area contributed by atoms with Crippen molar-refractivity contribution in [2.45, 2.75) is 44.6 Å². The van der Waals surface area contributed by atoms with Gasteiger partial charge in [-0.05, 0) is 90.2 Å². The Morgan fingerprint density at radius 1 is 0.540 bits per heavy atom. The van der Waals surface area contributed by atoms with Crippen molar-refractivity contribution in [3.8, 4) is 0 Å². The van der Waals surface area contributed by atoms with Gasteiger partial charge in [0.25, 0.3) is 0 Å². The standard InChI is InChI=1S/C38H31Cl4N3O.C3H6O/c39-28-14-6-24(7-15-28)34-32-35(25-8-16-29(40)17-9-25)44-37(27-12-20-31(42)21-13-27)33(36(43-34)26-10-18-30(41)19-11-26)38(32)45-46-22-23-4-2-1-3-5-23;1-3(2)4/h1-21,32-37,43-44H,22H2;1-2H3/t32?,33?,34-,35-,36+,37+;. The smallest absolute Gasteiger partial charge is 0.142 e. The zero-order valence-corrected chi connectivity index (χ0v) is 30.6. The average Bonchev–Trinajstić information content (AvgIpc) is 3.10. The summed E-state index contributed by atoms with van der Waals surface area (Å²) in [4.78, 5) is 15.7. The minimum atomic E-state index is -0.132.